The Hall–Kier alpha value is -4.60. The lowest BCUT2D eigenvalue weighted by atomic mass is 9.84. The molecule has 1 amide bonds. The Morgan fingerprint density at radius 2 is 1.72 bits per heavy atom. The van der Waals surface area contributed by atoms with E-state index in [1.807, 2.05) is 68.4 Å². The maximum atomic E-state index is 12.9. The summed E-state index contributed by atoms with van der Waals surface area (Å²) in [4.78, 5) is 34.5. The number of pyridine rings is 1. The number of fused-ring (bicyclic) bond motifs is 1. The lowest BCUT2D eigenvalue weighted by Gasteiger charge is -2.38. The normalized spacial score (nSPS) is 14.1. The van der Waals surface area contributed by atoms with Crippen molar-refractivity contribution in [3.05, 3.63) is 71.1 Å². The number of nitrogens with one attached hydrogen (secondary N) is 2. The Morgan fingerprint density at radius 1 is 1.00 bits per heavy atom. The van der Waals surface area contributed by atoms with Crippen LogP contribution in [0.4, 0.5) is 22.0 Å². The molecule has 0 radical (unpaired) electrons. The van der Waals surface area contributed by atoms with Gasteiger partial charge in [0.15, 0.2) is 0 Å². The molecule has 0 aliphatic carbocycles. The van der Waals surface area contributed by atoms with Gasteiger partial charge in [0.1, 0.15) is 17.2 Å². The molecule has 1 saturated heterocycles. The number of anilines is 3. The van der Waals surface area contributed by atoms with E-state index in [0.29, 0.717) is 54.2 Å². The third-order valence-electron chi connectivity index (χ3n) is 7.38. The molecule has 0 spiro atoms. The Kier molecular flexibility index (Phi) is 8.30. The highest BCUT2D eigenvalue weighted by molar-refractivity contribution is 5.95. The number of methoxy groups -OCH3 is 1. The minimum Gasteiger partial charge on any atom is -0.494 e. The molecule has 10 nitrogen and oxygen atoms in total. The molecule has 0 bridgehead atoms. The molecular weight excluding hydrogens is 544 g/mol. The number of rotatable bonds is 7. The zero-order chi connectivity index (χ0) is 30.8. The van der Waals surface area contributed by atoms with E-state index in [-0.39, 0.29) is 17.1 Å². The average molecular weight is 585 g/mol. The molecule has 1 fully saturated rings. The minimum absolute atomic E-state index is 0.0589. The fourth-order valence-corrected chi connectivity index (χ4v) is 5.84. The van der Waals surface area contributed by atoms with Crippen molar-refractivity contribution >= 4 is 34.1 Å². The summed E-state index contributed by atoms with van der Waals surface area (Å²) in [7, 11) is 1.61. The largest absolute Gasteiger partial charge is 0.494 e. The number of aromatic nitrogens is 3. The van der Waals surface area contributed by atoms with Gasteiger partial charge in [0, 0.05) is 48.9 Å². The standard InChI is InChI=1S/C33H40N6O4/c1-32(2,3)21-33(4,5)43-31(41)39-16-14-38(15-17-39)24-12-13-25(27(19-24)42-6)35-29-28-23(20-34-37-30(28)40)18-26(36-29)22-10-8-7-9-11-22/h7-13,18-20H,14-17,21H2,1-6H3,(H,35,36)(H,37,40). The van der Waals surface area contributed by atoms with Crippen LogP contribution >= 0.6 is 0 Å². The first-order chi connectivity index (χ1) is 20.4. The van der Waals surface area contributed by atoms with Crippen molar-refractivity contribution in [1.82, 2.24) is 20.1 Å². The van der Waals surface area contributed by atoms with Gasteiger partial charge in [-0.25, -0.2) is 14.9 Å². The first-order valence-electron chi connectivity index (χ1n) is 14.5. The number of piperazine rings is 1. The first kappa shape index (κ1) is 29.9. The molecule has 0 atom stereocenters. The second-order valence-corrected chi connectivity index (χ2v) is 12.7. The van der Waals surface area contributed by atoms with Crippen LogP contribution in [0.3, 0.4) is 0 Å². The van der Waals surface area contributed by atoms with Gasteiger partial charge in [-0.1, -0.05) is 51.1 Å². The second-order valence-electron chi connectivity index (χ2n) is 12.7. The van der Waals surface area contributed by atoms with Crippen LogP contribution in [0.5, 0.6) is 5.75 Å². The zero-order valence-electron chi connectivity index (χ0n) is 25.7. The van der Waals surface area contributed by atoms with E-state index < -0.39 is 5.60 Å². The smallest absolute Gasteiger partial charge is 0.410 e. The quantitative estimate of drug-likeness (QED) is 0.264. The predicted octanol–water partition coefficient (Wildman–Crippen LogP) is 6.21. The zero-order valence-corrected chi connectivity index (χ0v) is 25.7. The Labute approximate surface area is 252 Å². The summed E-state index contributed by atoms with van der Waals surface area (Å²) in [6.45, 7) is 12.8. The summed E-state index contributed by atoms with van der Waals surface area (Å²) in [5, 5.41) is 10.9. The molecule has 2 N–H and O–H groups in total. The third-order valence-corrected chi connectivity index (χ3v) is 7.38. The summed E-state index contributed by atoms with van der Waals surface area (Å²) in [5.41, 5.74) is 2.48. The molecule has 1 aliphatic heterocycles. The van der Waals surface area contributed by atoms with Gasteiger partial charge in [-0.05, 0) is 43.9 Å². The van der Waals surface area contributed by atoms with Crippen molar-refractivity contribution in [2.75, 3.05) is 43.5 Å². The summed E-state index contributed by atoms with van der Waals surface area (Å²) in [6.07, 6.45) is 2.13. The van der Waals surface area contributed by atoms with Crippen LogP contribution in [0.2, 0.25) is 0 Å². The van der Waals surface area contributed by atoms with Crippen molar-refractivity contribution in [3.8, 4) is 17.0 Å². The van der Waals surface area contributed by atoms with Crippen LogP contribution in [0.25, 0.3) is 22.0 Å². The van der Waals surface area contributed by atoms with E-state index in [4.69, 9.17) is 14.5 Å². The van der Waals surface area contributed by atoms with Crippen LogP contribution in [0, 0.1) is 5.41 Å². The molecule has 2 aromatic heterocycles. The number of amides is 1. The van der Waals surface area contributed by atoms with Crippen molar-refractivity contribution in [1.29, 1.82) is 0 Å². The molecule has 2 aromatic carbocycles. The topological polar surface area (TPSA) is 113 Å². The van der Waals surface area contributed by atoms with E-state index in [2.05, 4.69) is 41.2 Å². The van der Waals surface area contributed by atoms with Crippen LogP contribution in [-0.4, -0.2) is 65.1 Å². The van der Waals surface area contributed by atoms with Gasteiger partial charge in [0.05, 0.1) is 30.1 Å². The molecule has 0 saturated carbocycles. The van der Waals surface area contributed by atoms with E-state index in [9.17, 15) is 9.59 Å². The fourth-order valence-electron chi connectivity index (χ4n) is 5.84. The molecule has 5 rings (SSSR count). The van der Waals surface area contributed by atoms with Crippen molar-refractivity contribution in [3.63, 3.8) is 0 Å². The van der Waals surface area contributed by atoms with Gasteiger partial charge < -0.3 is 24.6 Å². The van der Waals surface area contributed by atoms with Crippen LogP contribution in [0.1, 0.15) is 41.0 Å². The molecule has 0 unspecified atom stereocenters. The first-order valence-corrected chi connectivity index (χ1v) is 14.5. The highest BCUT2D eigenvalue weighted by Gasteiger charge is 2.32. The average Bonchev–Trinajstić information content (AvgIpc) is 2.96. The van der Waals surface area contributed by atoms with Crippen molar-refractivity contribution < 1.29 is 14.3 Å². The number of nitrogens with zero attached hydrogens (tertiary/aromatic N) is 4. The predicted molar refractivity (Wildman–Crippen MR) is 170 cm³/mol. The highest BCUT2D eigenvalue weighted by atomic mass is 16.6. The molecule has 3 heterocycles. The third kappa shape index (κ3) is 7.07. The number of ether oxygens (including phenoxy) is 2. The number of hydrogen-bond donors (Lipinski definition) is 2. The summed E-state index contributed by atoms with van der Waals surface area (Å²) < 4.78 is 11.6. The van der Waals surface area contributed by atoms with Crippen molar-refractivity contribution in [2.24, 2.45) is 5.41 Å². The summed E-state index contributed by atoms with van der Waals surface area (Å²) >= 11 is 0. The summed E-state index contributed by atoms with van der Waals surface area (Å²) in [6, 6.07) is 17.5. The Balaban J connectivity index is 1.33. The SMILES string of the molecule is COc1cc(N2CCN(C(=O)OC(C)(C)CC(C)(C)C)CC2)ccc1Nc1nc(-c2ccccc2)cc2cn[nH]c(=O)c12. The van der Waals surface area contributed by atoms with Crippen molar-refractivity contribution in [2.45, 2.75) is 46.6 Å². The number of carbonyl (C=O) groups excluding carboxylic acids is 1. The minimum atomic E-state index is -0.537. The molecule has 10 heteroatoms. The molecule has 1 aliphatic rings. The second kappa shape index (κ2) is 11.9. The number of carbonyl (C=O) groups is 1. The summed E-state index contributed by atoms with van der Waals surface area (Å²) in [5.74, 6) is 1.02. The van der Waals surface area contributed by atoms with Gasteiger partial charge in [0.25, 0.3) is 5.56 Å². The van der Waals surface area contributed by atoms with Crippen LogP contribution in [-0.2, 0) is 4.74 Å². The maximum absolute atomic E-state index is 12.9. The Morgan fingerprint density at radius 3 is 2.40 bits per heavy atom. The van der Waals surface area contributed by atoms with Gasteiger partial charge in [-0.2, -0.15) is 5.10 Å². The van der Waals surface area contributed by atoms with Gasteiger partial charge in [-0.3, -0.25) is 4.79 Å². The molecule has 226 valence electrons. The van der Waals surface area contributed by atoms with Gasteiger partial charge in [0.2, 0.25) is 0 Å². The van der Waals surface area contributed by atoms with E-state index in [0.717, 1.165) is 23.4 Å². The van der Waals surface area contributed by atoms with E-state index in [1.54, 1.807) is 18.2 Å². The fraction of sp³-hybridized carbons (Fsp3) is 0.394. The van der Waals surface area contributed by atoms with Gasteiger partial charge in [-0.15, -0.1) is 0 Å². The molecule has 43 heavy (non-hydrogen) atoms. The Bertz CT molecular complexity index is 1650. The number of hydrogen-bond acceptors (Lipinski definition) is 8. The maximum Gasteiger partial charge on any atom is 0.410 e. The van der Waals surface area contributed by atoms with Crippen LogP contribution in [0.15, 0.2) is 65.6 Å². The van der Waals surface area contributed by atoms with Gasteiger partial charge >= 0.3 is 6.09 Å². The molecule has 4 aromatic rings. The molecular formula is C33H40N6O4. The van der Waals surface area contributed by atoms with Crippen LogP contribution < -0.4 is 20.5 Å². The number of H-pyrrole nitrogens is 1. The number of benzene rings is 2. The highest BCUT2D eigenvalue weighted by Crippen LogP contribution is 2.35. The lowest BCUT2D eigenvalue weighted by molar-refractivity contribution is -0.0103. The number of aromatic amines is 1. The monoisotopic (exact) mass is 584 g/mol. The lowest BCUT2D eigenvalue weighted by Crippen LogP contribution is -2.50. The van der Waals surface area contributed by atoms with E-state index in [1.165, 1.54) is 0 Å². The van der Waals surface area contributed by atoms with E-state index >= 15 is 0 Å².